The average molecular weight is 354 g/mol. The first-order valence-electron chi connectivity index (χ1n) is 8.26. The maximum absolute atomic E-state index is 12.6. The number of anilines is 1. The molecule has 0 aromatic heterocycles. The van der Waals surface area contributed by atoms with E-state index in [1.54, 1.807) is 0 Å². The number of benzene rings is 1. The topological polar surface area (TPSA) is 58.2 Å². The minimum absolute atomic E-state index is 0.0139. The van der Waals surface area contributed by atoms with Crippen LogP contribution in [0.4, 0.5) is 18.9 Å². The van der Waals surface area contributed by atoms with E-state index in [-0.39, 0.29) is 5.69 Å². The first kappa shape index (κ1) is 19.0. The maximum atomic E-state index is 12.6. The summed E-state index contributed by atoms with van der Waals surface area (Å²) in [5.74, 6) is -1.09. The van der Waals surface area contributed by atoms with Crippen LogP contribution in [-0.4, -0.2) is 18.4 Å². The van der Waals surface area contributed by atoms with Crippen LogP contribution < -0.4 is 10.6 Å². The largest absolute Gasteiger partial charge is 0.416 e. The Hall–Kier alpha value is -2.31. The number of carbonyl (C=O) groups is 2. The number of nitrogens with one attached hydrogen (secondary N) is 2. The zero-order valence-electron chi connectivity index (χ0n) is 13.8. The van der Waals surface area contributed by atoms with Gasteiger partial charge >= 0.3 is 6.18 Å². The molecule has 0 spiro atoms. The molecule has 0 radical (unpaired) electrons. The van der Waals surface area contributed by atoms with Gasteiger partial charge in [-0.2, -0.15) is 13.2 Å². The second kappa shape index (κ2) is 8.69. The van der Waals surface area contributed by atoms with Gasteiger partial charge in [-0.3, -0.25) is 9.59 Å². The van der Waals surface area contributed by atoms with Gasteiger partial charge < -0.3 is 10.6 Å². The van der Waals surface area contributed by atoms with Crippen LogP contribution in [0.2, 0.25) is 0 Å². The number of allylic oxidation sites excluding steroid dienone is 1. The van der Waals surface area contributed by atoms with Gasteiger partial charge in [-0.15, -0.1) is 0 Å². The van der Waals surface area contributed by atoms with Crippen LogP contribution in [0, 0.1) is 0 Å². The van der Waals surface area contributed by atoms with Crippen molar-refractivity contribution in [2.45, 2.75) is 44.7 Å². The summed E-state index contributed by atoms with van der Waals surface area (Å²) in [6, 6.07) is 4.31. The second-order valence-electron chi connectivity index (χ2n) is 6.01. The van der Waals surface area contributed by atoms with Crippen molar-refractivity contribution in [3.63, 3.8) is 0 Å². The lowest BCUT2D eigenvalue weighted by Crippen LogP contribution is -2.29. The van der Waals surface area contributed by atoms with E-state index in [0.29, 0.717) is 6.54 Å². The fraction of sp³-hybridized carbons (Fsp3) is 0.444. The Labute approximate surface area is 144 Å². The molecule has 1 aliphatic carbocycles. The smallest absolute Gasteiger partial charge is 0.355 e. The van der Waals surface area contributed by atoms with Crippen LogP contribution in [-0.2, 0) is 15.8 Å². The number of hydrogen-bond acceptors (Lipinski definition) is 2. The number of halogens is 3. The number of amides is 2. The van der Waals surface area contributed by atoms with E-state index in [0.717, 1.165) is 31.4 Å². The third kappa shape index (κ3) is 6.60. The highest BCUT2D eigenvalue weighted by molar-refractivity contribution is 6.03. The Morgan fingerprint density at radius 3 is 2.60 bits per heavy atom. The summed E-state index contributed by atoms with van der Waals surface area (Å²) in [6.07, 6.45) is 2.54. The Kier molecular flexibility index (Phi) is 6.61. The van der Waals surface area contributed by atoms with Gasteiger partial charge in [0.05, 0.1) is 5.56 Å². The summed E-state index contributed by atoms with van der Waals surface area (Å²) >= 11 is 0. The van der Waals surface area contributed by atoms with Crippen molar-refractivity contribution in [2.75, 3.05) is 11.9 Å². The van der Waals surface area contributed by atoms with E-state index >= 15 is 0 Å². The molecular formula is C18H21F3N2O2. The molecule has 1 aromatic carbocycles. The Morgan fingerprint density at radius 1 is 1.12 bits per heavy atom. The van der Waals surface area contributed by atoms with Crippen molar-refractivity contribution in [3.8, 4) is 0 Å². The first-order valence-corrected chi connectivity index (χ1v) is 8.26. The predicted molar refractivity (Wildman–Crippen MR) is 88.9 cm³/mol. The standard InChI is InChI=1S/C18H21F3N2O2/c19-18(20,21)14-7-4-8-15(11-14)23-17(25)12-16(24)22-10-9-13-5-2-1-3-6-13/h4-5,7-8,11H,1-3,6,9-10,12H2,(H,22,24)(H,23,25). The van der Waals surface area contributed by atoms with Gasteiger partial charge in [0.15, 0.2) is 0 Å². The van der Waals surface area contributed by atoms with E-state index in [9.17, 15) is 22.8 Å². The van der Waals surface area contributed by atoms with Gasteiger partial charge in [0, 0.05) is 12.2 Å². The van der Waals surface area contributed by atoms with Gasteiger partial charge in [0.25, 0.3) is 0 Å². The quantitative estimate of drug-likeness (QED) is 0.598. The van der Waals surface area contributed by atoms with E-state index in [1.807, 2.05) is 0 Å². The minimum atomic E-state index is -4.48. The molecule has 0 bridgehead atoms. The molecule has 2 amide bonds. The summed E-state index contributed by atoms with van der Waals surface area (Å²) in [5, 5.41) is 4.98. The molecule has 2 N–H and O–H groups in total. The molecular weight excluding hydrogens is 333 g/mol. The fourth-order valence-electron chi connectivity index (χ4n) is 2.68. The number of carbonyl (C=O) groups excluding carboxylic acids is 2. The lowest BCUT2D eigenvalue weighted by atomic mass is 9.97. The lowest BCUT2D eigenvalue weighted by molar-refractivity contribution is -0.137. The van der Waals surface area contributed by atoms with Crippen LogP contribution in [0.15, 0.2) is 35.9 Å². The van der Waals surface area contributed by atoms with Crippen molar-refractivity contribution in [1.82, 2.24) is 5.32 Å². The van der Waals surface area contributed by atoms with Crippen molar-refractivity contribution < 1.29 is 22.8 Å². The van der Waals surface area contributed by atoms with E-state index in [1.165, 1.54) is 30.5 Å². The SMILES string of the molecule is O=C(CC(=O)Nc1cccc(C(F)(F)F)c1)NCCC1=CCCCC1. The van der Waals surface area contributed by atoms with Crippen LogP contribution >= 0.6 is 0 Å². The number of hydrogen-bond donors (Lipinski definition) is 2. The molecule has 0 saturated carbocycles. The molecule has 0 aliphatic heterocycles. The first-order chi connectivity index (χ1) is 11.8. The second-order valence-corrected chi connectivity index (χ2v) is 6.01. The van der Waals surface area contributed by atoms with Crippen molar-refractivity contribution in [2.24, 2.45) is 0 Å². The summed E-state index contributed by atoms with van der Waals surface area (Å²) in [7, 11) is 0. The molecule has 0 fully saturated rings. The molecule has 0 atom stereocenters. The zero-order valence-corrected chi connectivity index (χ0v) is 13.8. The van der Waals surface area contributed by atoms with Gasteiger partial charge in [0.2, 0.25) is 11.8 Å². The Morgan fingerprint density at radius 2 is 1.92 bits per heavy atom. The van der Waals surface area contributed by atoms with Gasteiger partial charge in [0.1, 0.15) is 6.42 Å². The maximum Gasteiger partial charge on any atom is 0.416 e. The van der Waals surface area contributed by atoms with Crippen molar-refractivity contribution >= 4 is 17.5 Å². The minimum Gasteiger partial charge on any atom is -0.355 e. The molecule has 0 heterocycles. The Balaban J connectivity index is 1.76. The van der Waals surface area contributed by atoms with Crippen molar-refractivity contribution in [3.05, 3.63) is 41.5 Å². The molecule has 2 rings (SSSR count). The molecule has 1 aromatic rings. The van der Waals surface area contributed by atoms with Crippen LogP contribution in [0.25, 0.3) is 0 Å². The molecule has 4 nitrogen and oxygen atoms in total. The Bertz CT molecular complexity index is 654. The molecule has 25 heavy (non-hydrogen) atoms. The molecule has 136 valence electrons. The van der Waals surface area contributed by atoms with Gasteiger partial charge in [-0.1, -0.05) is 17.7 Å². The molecule has 0 unspecified atom stereocenters. The third-order valence-electron chi connectivity index (χ3n) is 3.95. The summed E-state index contributed by atoms with van der Waals surface area (Å²) in [4.78, 5) is 23.5. The highest BCUT2D eigenvalue weighted by Crippen LogP contribution is 2.30. The molecule has 1 aliphatic rings. The summed E-state index contributed by atoms with van der Waals surface area (Å²) in [6.45, 7) is 0.460. The van der Waals surface area contributed by atoms with Crippen LogP contribution in [0.5, 0.6) is 0 Å². The third-order valence-corrected chi connectivity index (χ3v) is 3.95. The van der Waals surface area contributed by atoms with Crippen LogP contribution in [0.3, 0.4) is 0 Å². The molecule has 7 heteroatoms. The van der Waals surface area contributed by atoms with Crippen LogP contribution in [0.1, 0.15) is 44.1 Å². The predicted octanol–water partition coefficient (Wildman–Crippen LogP) is 4.04. The summed E-state index contributed by atoms with van der Waals surface area (Å²) in [5.41, 5.74) is 0.482. The number of alkyl halides is 3. The zero-order chi connectivity index (χ0) is 18.3. The van der Waals surface area contributed by atoms with Gasteiger partial charge in [-0.25, -0.2) is 0 Å². The van der Waals surface area contributed by atoms with Gasteiger partial charge in [-0.05, 0) is 50.3 Å². The normalized spacial score (nSPS) is 14.6. The average Bonchev–Trinajstić information content (AvgIpc) is 2.55. The summed E-state index contributed by atoms with van der Waals surface area (Å²) < 4.78 is 37.9. The van der Waals surface area contributed by atoms with Crippen molar-refractivity contribution in [1.29, 1.82) is 0 Å². The van der Waals surface area contributed by atoms with E-state index < -0.39 is 30.0 Å². The molecule has 0 saturated heterocycles. The monoisotopic (exact) mass is 354 g/mol. The van der Waals surface area contributed by atoms with E-state index in [4.69, 9.17) is 0 Å². The lowest BCUT2D eigenvalue weighted by Gasteiger charge is -2.13. The highest BCUT2D eigenvalue weighted by Gasteiger charge is 2.30. The fourth-order valence-corrected chi connectivity index (χ4v) is 2.68. The highest BCUT2D eigenvalue weighted by atomic mass is 19.4. The van der Waals surface area contributed by atoms with E-state index in [2.05, 4.69) is 16.7 Å². The number of rotatable bonds is 6.